The molecule has 1 aliphatic rings. The molecule has 0 unspecified atom stereocenters. The van der Waals surface area contributed by atoms with Crippen LogP contribution >= 0.6 is 0 Å². The fourth-order valence-corrected chi connectivity index (χ4v) is 2.50. The van der Waals surface area contributed by atoms with Gasteiger partial charge in [0, 0.05) is 32.0 Å². The first kappa shape index (κ1) is 12.2. The molecule has 19 heavy (non-hydrogen) atoms. The van der Waals surface area contributed by atoms with Crippen molar-refractivity contribution in [1.29, 1.82) is 0 Å². The number of halogens is 3. The van der Waals surface area contributed by atoms with Gasteiger partial charge in [0.1, 0.15) is 12.2 Å². The molecule has 1 aliphatic heterocycles. The van der Waals surface area contributed by atoms with Gasteiger partial charge in [-0.05, 0) is 6.07 Å². The smallest absolute Gasteiger partial charge is 0.251 e. The SMILES string of the molecule is CC1(C)Cn2nc(C(F)(F)F)cc2-c2cccc[n+]21. The van der Waals surface area contributed by atoms with E-state index in [9.17, 15) is 13.2 Å². The van der Waals surface area contributed by atoms with Crippen LogP contribution in [0.3, 0.4) is 0 Å². The van der Waals surface area contributed by atoms with Crippen molar-refractivity contribution in [2.45, 2.75) is 32.1 Å². The molecule has 2 aromatic rings. The molecule has 0 spiro atoms. The van der Waals surface area contributed by atoms with Crippen molar-refractivity contribution in [1.82, 2.24) is 9.78 Å². The van der Waals surface area contributed by atoms with Gasteiger partial charge in [0.2, 0.25) is 5.69 Å². The van der Waals surface area contributed by atoms with Gasteiger partial charge in [-0.25, -0.2) is 0 Å². The molecular formula is C13H13F3N3+. The fraction of sp³-hybridized carbons (Fsp3) is 0.385. The zero-order valence-corrected chi connectivity index (χ0v) is 10.6. The lowest BCUT2D eigenvalue weighted by atomic mass is 10.0. The summed E-state index contributed by atoms with van der Waals surface area (Å²) >= 11 is 0. The van der Waals surface area contributed by atoms with Crippen molar-refractivity contribution < 1.29 is 17.7 Å². The summed E-state index contributed by atoms with van der Waals surface area (Å²) in [4.78, 5) is 0. The molecule has 0 saturated carbocycles. The molecule has 3 nitrogen and oxygen atoms in total. The molecule has 0 bridgehead atoms. The first-order valence-electron chi connectivity index (χ1n) is 5.96. The van der Waals surface area contributed by atoms with E-state index in [1.54, 1.807) is 0 Å². The maximum Gasteiger partial charge on any atom is 0.435 e. The van der Waals surface area contributed by atoms with E-state index >= 15 is 0 Å². The van der Waals surface area contributed by atoms with Gasteiger partial charge in [0.15, 0.2) is 17.4 Å². The predicted octanol–water partition coefficient (Wildman–Crippen LogP) is 2.61. The molecule has 0 amide bonds. The Balaban J connectivity index is 2.23. The summed E-state index contributed by atoms with van der Waals surface area (Å²) in [5.74, 6) is 0. The topological polar surface area (TPSA) is 21.7 Å². The Hall–Kier alpha value is -1.85. The van der Waals surface area contributed by atoms with Crippen LogP contribution in [0.1, 0.15) is 19.5 Å². The third-order valence-electron chi connectivity index (χ3n) is 3.38. The Bertz CT molecular complexity index is 641. The molecule has 0 atom stereocenters. The van der Waals surface area contributed by atoms with E-state index in [1.807, 2.05) is 42.8 Å². The van der Waals surface area contributed by atoms with Gasteiger partial charge < -0.3 is 0 Å². The van der Waals surface area contributed by atoms with Crippen molar-refractivity contribution in [3.8, 4) is 11.4 Å². The zero-order chi connectivity index (χ0) is 13.8. The highest BCUT2D eigenvalue weighted by Gasteiger charge is 2.42. The molecule has 3 heterocycles. The first-order chi connectivity index (χ1) is 8.79. The first-order valence-corrected chi connectivity index (χ1v) is 5.96. The maximum atomic E-state index is 12.8. The summed E-state index contributed by atoms with van der Waals surface area (Å²) in [5, 5.41) is 3.69. The highest BCUT2D eigenvalue weighted by molar-refractivity contribution is 5.53. The fourth-order valence-electron chi connectivity index (χ4n) is 2.50. The van der Waals surface area contributed by atoms with Crippen LogP contribution in [-0.4, -0.2) is 9.78 Å². The molecule has 6 heteroatoms. The lowest BCUT2D eigenvalue weighted by Crippen LogP contribution is -2.58. The van der Waals surface area contributed by atoms with Crippen LogP contribution in [0.2, 0.25) is 0 Å². The molecule has 0 N–H and O–H groups in total. The van der Waals surface area contributed by atoms with Crippen molar-refractivity contribution in [2.24, 2.45) is 0 Å². The van der Waals surface area contributed by atoms with E-state index in [0.29, 0.717) is 12.2 Å². The molecule has 0 saturated heterocycles. The Morgan fingerprint density at radius 1 is 1.32 bits per heavy atom. The summed E-state index contributed by atoms with van der Waals surface area (Å²) in [5.41, 5.74) is 0.114. The van der Waals surface area contributed by atoms with Crippen molar-refractivity contribution in [3.05, 3.63) is 36.2 Å². The van der Waals surface area contributed by atoms with E-state index < -0.39 is 11.9 Å². The quantitative estimate of drug-likeness (QED) is 0.673. The van der Waals surface area contributed by atoms with E-state index in [0.717, 1.165) is 11.8 Å². The predicted molar refractivity (Wildman–Crippen MR) is 62.2 cm³/mol. The zero-order valence-electron chi connectivity index (χ0n) is 10.6. The third-order valence-corrected chi connectivity index (χ3v) is 3.38. The van der Waals surface area contributed by atoms with E-state index in [-0.39, 0.29) is 5.54 Å². The number of rotatable bonds is 0. The normalized spacial score (nSPS) is 16.9. The van der Waals surface area contributed by atoms with E-state index in [4.69, 9.17) is 0 Å². The van der Waals surface area contributed by atoms with Gasteiger partial charge in [-0.15, -0.1) is 0 Å². The second-order valence-corrected chi connectivity index (χ2v) is 5.34. The van der Waals surface area contributed by atoms with Gasteiger partial charge in [0.05, 0.1) is 0 Å². The van der Waals surface area contributed by atoms with Gasteiger partial charge >= 0.3 is 6.18 Å². The highest BCUT2D eigenvalue weighted by atomic mass is 19.4. The number of hydrogen-bond donors (Lipinski definition) is 0. The molecule has 0 fully saturated rings. The molecule has 3 rings (SSSR count). The average molecular weight is 268 g/mol. The summed E-state index contributed by atoms with van der Waals surface area (Å²) in [7, 11) is 0. The molecule has 100 valence electrons. The number of alkyl halides is 3. The van der Waals surface area contributed by atoms with Crippen LogP contribution < -0.4 is 4.57 Å². The number of aromatic nitrogens is 3. The van der Waals surface area contributed by atoms with Gasteiger partial charge in [-0.3, -0.25) is 4.68 Å². The Morgan fingerprint density at radius 3 is 2.74 bits per heavy atom. The van der Waals surface area contributed by atoms with Gasteiger partial charge in [-0.1, -0.05) is 0 Å². The molecular weight excluding hydrogens is 255 g/mol. The van der Waals surface area contributed by atoms with Crippen molar-refractivity contribution in [3.63, 3.8) is 0 Å². The van der Waals surface area contributed by atoms with E-state index in [1.165, 1.54) is 4.68 Å². The van der Waals surface area contributed by atoms with Crippen LogP contribution in [0.4, 0.5) is 13.2 Å². The average Bonchev–Trinajstić information content (AvgIpc) is 2.72. The van der Waals surface area contributed by atoms with Gasteiger partial charge in [0.25, 0.3) is 0 Å². The lowest BCUT2D eigenvalue weighted by molar-refractivity contribution is -0.753. The van der Waals surface area contributed by atoms with Gasteiger partial charge in [-0.2, -0.15) is 22.8 Å². The number of fused-ring (bicyclic) bond motifs is 3. The summed E-state index contributed by atoms with van der Waals surface area (Å²) < 4.78 is 41.7. The monoisotopic (exact) mass is 268 g/mol. The lowest BCUT2D eigenvalue weighted by Gasteiger charge is -2.26. The summed E-state index contributed by atoms with van der Waals surface area (Å²) in [6, 6.07) is 6.62. The van der Waals surface area contributed by atoms with Crippen molar-refractivity contribution in [2.75, 3.05) is 0 Å². The number of pyridine rings is 1. The number of nitrogens with zero attached hydrogens (tertiary/aromatic N) is 3. The summed E-state index contributed by atoms with van der Waals surface area (Å²) in [6.45, 7) is 4.38. The minimum Gasteiger partial charge on any atom is -0.251 e. The minimum atomic E-state index is -4.41. The van der Waals surface area contributed by atoms with Crippen LogP contribution in [0.25, 0.3) is 11.4 Å². The van der Waals surface area contributed by atoms with E-state index in [2.05, 4.69) is 5.10 Å². The third kappa shape index (κ3) is 1.82. The van der Waals surface area contributed by atoms with Crippen LogP contribution in [-0.2, 0) is 18.3 Å². The molecule has 0 radical (unpaired) electrons. The largest absolute Gasteiger partial charge is 0.435 e. The van der Waals surface area contributed by atoms with Crippen LogP contribution in [0, 0.1) is 0 Å². The molecule has 0 aromatic carbocycles. The Morgan fingerprint density at radius 2 is 2.05 bits per heavy atom. The highest BCUT2D eigenvalue weighted by Crippen LogP contribution is 2.33. The Kier molecular flexibility index (Phi) is 2.30. The van der Waals surface area contributed by atoms with Crippen LogP contribution in [0.5, 0.6) is 0 Å². The second kappa shape index (κ2) is 3.59. The van der Waals surface area contributed by atoms with Crippen molar-refractivity contribution >= 4 is 0 Å². The van der Waals surface area contributed by atoms with Crippen LogP contribution in [0.15, 0.2) is 30.5 Å². The maximum absolute atomic E-state index is 12.8. The minimum absolute atomic E-state index is 0.307. The second-order valence-electron chi connectivity index (χ2n) is 5.34. The summed E-state index contributed by atoms with van der Waals surface area (Å²) in [6.07, 6.45) is -2.52. The molecule has 0 aliphatic carbocycles. The Labute approximate surface area is 108 Å². The number of hydrogen-bond acceptors (Lipinski definition) is 1. The standard InChI is InChI=1S/C13H13F3N3/c1-12(2)8-19-10(7-11(17-19)13(14,15)16)9-5-3-4-6-18(9)12/h3-7H,8H2,1-2H3/q+1. The molecule has 2 aromatic heterocycles.